The van der Waals surface area contributed by atoms with E-state index in [0.717, 1.165) is 15.6 Å². The molecule has 0 heterocycles. The normalized spacial score (nSPS) is 12.5. The summed E-state index contributed by atoms with van der Waals surface area (Å²) in [6.45, 7) is 4.07. The number of carbonyl (C=O) groups is 2. The Morgan fingerprint density at radius 1 is 1.15 bits per heavy atom. The number of carboxylic acids is 1. The summed E-state index contributed by atoms with van der Waals surface area (Å²) in [6, 6.07) is 14.1. The van der Waals surface area contributed by atoms with Crippen molar-refractivity contribution in [3.8, 4) is 0 Å². The van der Waals surface area contributed by atoms with Crippen LogP contribution in [0.2, 0.25) is 0 Å². The number of hydrogen-bond donors (Lipinski definition) is 2. The molecule has 0 radical (unpaired) electrons. The van der Waals surface area contributed by atoms with E-state index in [2.05, 4.69) is 20.8 Å². The number of aliphatic carboxylic acids is 1. The first-order chi connectivity index (χ1) is 12.2. The van der Waals surface area contributed by atoms with Crippen molar-refractivity contribution in [3.05, 3.63) is 69.7 Å². The molecule has 1 unspecified atom stereocenters. The zero-order valence-electron chi connectivity index (χ0n) is 14.6. The fraction of sp³-hybridized carbons (Fsp3) is 0.300. The Morgan fingerprint density at radius 3 is 2.35 bits per heavy atom. The third-order valence-corrected chi connectivity index (χ3v) is 5.09. The largest absolute Gasteiger partial charge is 0.481 e. The van der Waals surface area contributed by atoms with Crippen molar-refractivity contribution in [2.45, 2.75) is 38.0 Å². The average molecular weight is 421 g/mol. The van der Waals surface area contributed by atoms with Gasteiger partial charge in [-0.05, 0) is 53.6 Å². The third kappa shape index (κ3) is 4.93. The van der Waals surface area contributed by atoms with Gasteiger partial charge in [0.15, 0.2) is 0 Å². The number of carbonyl (C=O) groups excluding carboxylic acids is 1. The van der Waals surface area contributed by atoms with Crippen LogP contribution >= 0.6 is 15.9 Å². The molecule has 2 aromatic carbocycles. The van der Waals surface area contributed by atoms with Crippen LogP contribution in [0.4, 0.5) is 0 Å². The maximum atomic E-state index is 11.7. The predicted molar refractivity (Wildman–Crippen MR) is 101 cm³/mol. The van der Waals surface area contributed by atoms with Crippen molar-refractivity contribution in [2.75, 3.05) is 0 Å². The minimum absolute atomic E-state index is 0.254. The predicted octanol–water partition coefficient (Wildman–Crippen LogP) is 5.01. The molecule has 0 saturated heterocycles. The second kappa shape index (κ2) is 8.47. The molecule has 0 saturated carbocycles. The molecule has 0 spiro atoms. The summed E-state index contributed by atoms with van der Waals surface area (Å²) in [5.41, 5.74) is 1.72. The van der Waals surface area contributed by atoms with E-state index in [-0.39, 0.29) is 11.0 Å². The number of rotatable bonds is 7. The highest BCUT2D eigenvalue weighted by molar-refractivity contribution is 9.10. The Kier molecular flexibility index (Phi) is 6.56. The summed E-state index contributed by atoms with van der Waals surface area (Å²) < 4.78 is 0.854. The highest BCUT2D eigenvalue weighted by Gasteiger charge is 2.26. The van der Waals surface area contributed by atoms with Crippen molar-refractivity contribution < 1.29 is 24.8 Å². The van der Waals surface area contributed by atoms with Gasteiger partial charge in [-0.2, -0.15) is 5.26 Å². The average Bonchev–Trinajstić information content (AvgIpc) is 2.61. The van der Waals surface area contributed by atoms with E-state index >= 15 is 0 Å². The van der Waals surface area contributed by atoms with E-state index in [1.54, 1.807) is 24.3 Å². The van der Waals surface area contributed by atoms with Gasteiger partial charge in [0.2, 0.25) is 0 Å². The van der Waals surface area contributed by atoms with Crippen molar-refractivity contribution >= 4 is 27.9 Å². The van der Waals surface area contributed by atoms with Gasteiger partial charge in [-0.3, -0.25) is 9.68 Å². The highest BCUT2D eigenvalue weighted by atomic mass is 79.9. The van der Waals surface area contributed by atoms with Crippen molar-refractivity contribution in [2.24, 2.45) is 0 Å². The van der Waals surface area contributed by atoms with Gasteiger partial charge in [0.1, 0.15) is 0 Å². The van der Waals surface area contributed by atoms with Crippen LogP contribution in [0.15, 0.2) is 53.0 Å². The molecule has 2 aromatic rings. The first-order valence-corrected chi connectivity index (χ1v) is 8.98. The van der Waals surface area contributed by atoms with Crippen molar-refractivity contribution in [1.82, 2.24) is 0 Å². The van der Waals surface area contributed by atoms with Gasteiger partial charge in [-0.1, -0.05) is 54.0 Å². The molecule has 0 aliphatic carbocycles. The van der Waals surface area contributed by atoms with Crippen LogP contribution < -0.4 is 0 Å². The monoisotopic (exact) mass is 420 g/mol. The van der Waals surface area contributed by atoms with Gasteiger partial charge in [-0.15, -0.1) is 0 Å². The Labute approximate surface area is 160 Å². The van der Waals surface area contributed by atoms with Crippen LogP contribution in [0.3, 0.4) is 0 Å². The van der Waals surface area contributed by atoms with Gasteiger partial charge in [-0.25, -0.2) is 4.79 Å². The summed E-state index contributed by atoms with van der Waals surface area (Å²) >= 11 is 3.38. The fourth-order valence-corrected chi connectivity index (χ4v) is 3.33. The van der Waals surface area contributed by atoms with Crippen LogP contribution in [0.5, 0.6) is 0 Å². The number of benzene rings is 2. The first kappa shape index (κ1) is 20.1. The maximum absolute atomic E-state index is 11.7. The summed E-state index contributed by atoms with van der Waals surface area (Å²) in [7, 11) is 0. The number of halogens is 1. The smallest absolute Gasteiger partial charge is 0.372 e. The van der Waals surface area contributed by atoms with Crippen molar-refractivity contribution in [1.29, 1.82) is 0 Å². The van der Waals surface area contributed by atoms with E-state index in [4.69, 9.17) is 5.26 Å². The molecule has 0 bridgehead atoms. The van der Waals surface area contributed by atoms with Crippen molar-refractivity contribution in [3.63, 3.8) is 0 Å². The lowest BCUT2D eigenvalue weighted by atomic mass is 9.77. The van der Waals surface area contributed by atoms with Crippen LogP contribution in [0.1, 0.15) is 54.1 Å². The van der Waals surface area contributed by atoms with Gasteiger partial charge < -0.3 is 5.11 Å². The van der Waals surface area contributed by atoms with Crippen LogP contribution in [-0.4, -0.2) is 22.3 Å². The lowest BCUT2D eigenvalue weighted by Gasteiger charge is -2.27. The minimum atomic E-state index is -0.847. The minimum Gasteiger partial charge on any atom is -0.481 e. The first-order valence-electron chi connectivity index (χ1n) is 8.19. The van der Waals surface area contributed by atoms with E-state index in [0.29, 0.717) is 12.8 Å². The molecule has 5 nitrogen and oxygen atoms in total. The molecule has 138 valence electrons. The third-order valence-electron chi connectivity index (χ3n) is 4.59. The Balaban J connectivity index is 2.14. The molecule has 0 fully saturated rings. The fourth-order valence-electron chi connectivity index (χ4n) is 2.92. The zero-order chi connectivity index (χ0) is 19.3. The molecule has 2 N–H and O–H groups in total. The molecule has 1 atom stereocenters. The molecule has 0 amide bonds. The molecule has 26 heavy (non-hydrogen) atoms. The molecule has 0 aromatic heterocycles. The van der Waals surface area contributed by atoms with Gasteiger partial charge in [0.25, 0.3) is 0 Å². The summed E-state index contributed by atoms with van der Waals surface area (Å²) in [5.74, 6) is -2.25. The molecule has 0 aliphatic rings. The Bertz CT molecular complexity index is 783. The molecule has 2 rings (SSSR count). The van der Waals surface area contributed by atoms with Gasteiger partial charge in [0.05, 0.1) is 11.5 Å². The lowest BCUT2D eigenvalue weighted by Crippen LogP contribution is -2.21. The zero-order valence-corrected chi connectivity index (χ0v) is 16.2. The summed E-state index contributed by atoms with van der Waals surface area (Å²) in [4.78, 5) is 26.8. The second-order valence-corrected chi connectivity index (χ2v) is 7.74. The number of hydrogen-bond acceptors (Lipinski definition) is 4. The van der Waals surface area contributed by atoms with Crippen LogP contribution in [0, 0.1) is 0 Å². The Morgan fingerprint density at radius 2 is 1.81 bits per heavy atom. The van der Waals surface area contributed by atoms with Gasteiger partial charge in [0, 0.05) is 4.47 Å². The summed E-state index contributed by atoms with van der Waals surface area (Å²) in [6.07, 6.45) is 1.14. The van der Waals surface area contributed by atoms with E-state index in [1.807, 2.05) is 38.1 Å². The Hall–Kier alpha value is -2.18. The van der Waals surface area contributed by atoms with Crippen LogP contribution in [0.25, 0.3) is 0 Å². The van der Waals surface area contributed by atoms with Crippen LogP contribution in [-0.2, 0) is 15.1 Å². The second-order valence-electron chi connectivity index (χ2n) is 6.82. The standard InChI is InChI=1S/C20H21BrO5/c1-20(2,15-8-6-13(7-9-15)19(24)26-25)11-10-17(18(22)23)14-4-3-5-16(21)12-14/h3-9,12,17,25H,10-11H2,1-2H3,(H,22,23). The molecule has 6 heteroatoms. The van der Waals surface area contributed by atoms with E-state index in [1.165, 1.54) is 0 Å². The molecular weight excluding hydrogens is 400 g/mol. The quantitative estimate of drug-likeness (QED) is 0.485. The lowest BCUT2D eigenvalue weighted by molar-refractivity contribution is -0.182. The van der Waals surface area contributed by atoms with E-state index < -0.39 is 17.9 Å². The SMILES string of the molecule is CC(C)(CCC(C(=O)O)c1cccc(Br)c1)c1ccc(C(=O)OO)cc1. The molecule has 0 aliphatic heterocycles. The van der Waals surface area contributed by atoms with E-state index in [9.17, 15) is 14.7 Å². The summed E-state index contributed by atoms with van der Waals surface area (Å²) in [5, 5.41) is 18.1. The topological polar surface area (TPSA) is 83.8 Å². The van der Waals surface area contributed by atoms with Gasteiger partial charge >= 0.3 is 11.9 Å². The number of carboxylic acid groups (broad SMARTS) is 1. The highest BCUT2D eigenvalue weighted by Crippen LogP contribution is 2.33. The maximum Gasteiger partial charge on any atom is 0.372 e. The molecular formula is C20H21BrO5.